The lowest BCUT2D eigenvalue weighted by Crippen LogP contribution is -2.28. The van der Waals surface area contributed by atoms with E-state index < -0.39 is 0 Å². The molecular weight excluding hydrogens is 280 g/mol. The van der Waals surface area contributed by atoms with E-state index in [0.29, 0.717) is 0 Å². The van der Waals surface area contributed by atoms with Gasteiger partial charge in [-0.15, -0.1) is 0 Å². The zero-order valence-corrected chi connectivity index (χ0v) is 13.4. The Morgan fingerprint density at radius 1 is 1.24 bits per heavy atom. The van der Waals surface area contributed by atoms with E-state index in [4.69, 9.17) is 10.6 Å². The molecule has 0 saturated heterocycles. The van der Waals surface area contributed by atoms with E-state index in [1.54, 1.807) is 11.3 Å². The summed E-state index contributed by atoms with van der Waals surface area (Å²) in [4.78, 5) is 0. The highest BCUT2D eigenvalue weighted by Crippen LogP contribution is 2.22. The monoisotopic (exact) mass is 304 g/mol. The molecule has 4 heteroatoms. The number of ether oxygens (including phenoxy) is 1. The first-order chi connectivity index (χ1) is 10.3. The second kappa shape index (κ2) is 8.82. The lowest BCUT2D eigenvalue weighted by atomic mass is 10.0. The van der Waals surface area contributed by atoms with Crippen LogP contribution in [-0.4, -0.2) is 6.61 Å². The van der Waals surface area contributed by atoms with E-state index in [9.17, 15) is 0 Å². The second-order valence-corrected chi connectivity index (χ2v) is 5.94. The first kappa shape index (κ1) is 16.0. The van der Waals surface area contributed by atoms with Gasteiger partial charge in [0.1, 0.15) is 5.75 Å². The molecule has 0 aliphatic rings. The van der Waals surface area contributed by atoms with Gasteiger partial charge in [0.15, 0.2) is 0 Å². The van der Waals surface area contributed by atoms with Crippen LogP contribution in [0, 0.1) is 0 Å². The van der Waals surface area contributed by atoms with E-state index in [-0.39, 0.29) is 6.04 Å². The Hall–Kier alpha value is -1.36. The Morgan fingerprint density at radius 3 is 2.67 bits per heavy atom. The topological polar surface area (TPSA) is 47.3 Å². The van der Waals surface area contributed by atoms with Crippen LogP contribution in [-0.2, 0) is 6.42 Å². The molecule has 2 aromatic rings. The minimum Gasteiger partial charge on any atom is -0.494 e. The van der Waals surface area contributed by atoms with Gasteiger partial charge in [-0.25, -0.2) is 0 Å². The summed E-state index contributed by atoms with van der Waals surface area (Å²) >= 11 is 1.74. The molecular formula is C17H24N2OS. The molecule has 3 N–H and O–H groups in total. The number of hydrazine groups is 1. The van der Waals surface area contributed by atoms with Crippen LogP contribution in [0.4, 0.5) is 0 Å². The van der Waals surface area contributed by atoms with E-state index in [1.165, 1.54) is 11.1 Å². The van der Waals surface area contributed by atoms with Crippen molar-refractivity contribution in [2.75, 3.05) is 6.61 Å². The summed E-state index contributed by atoms with van der Waals surface area (Å²) in [5, 5.41) is 4.31. The van der Waals surface area contributed by atoms with Crippen LogP contribution in [0.5, 0.6) is 5.75 Å². The molecule has 0 saturated carbocycles. The van der Waals surface area contributed by atoms with Crippen molar-refractivity contribution in [1.82, 2.24) is 5.43 Å². The molecule has 0 radical (unpaired) electrons. The van der Waals surface area contributed by atoms with E-state index in [1.807, 2.05) is 12.1 Å². The summed E-state index contributed by atoms with van der Waals surface area (Å²) < 4.78 is 5.68. The number of rotatable bonds is 9. The first-order valence-corrected chi connectivity index (χ1v) is 8.47. The SMILES string of the molecule is CCCCOc1ccc(C(CCc2ccsc2)NN)cc1. The molecule has 0 amide bonds. The molecule has 1 heterocycles. The highest BCUT2D eigenvalue weighted by molar-refractivity contribution is 7.07. The summed E-state index contributed by atoms with van der Waals surface area (Å²) in [6.07, 6.45) is 4.27. The molecule has 1 aromatic heterocycles. The number of hydrogen-bond donors (Lipinski definition) is 2. The van der Waals surface area contributed by atoms with Crippen molar-refractivity contribution in [1.29, 1.82) is 0 Å². The van der Waals surface area contributed by atoms with Gasteiger partial charge in [-0.3, -0.25) is 11.3 Å². The molecule has 114 valence electrons. The number of thiophene rings is 1. The highest BCUT2D eigenvalue weighted by Gasteiger charge is 2.10. The third kappa shape index (κ3) is 5.16. The maximum Gasteiger partial charge on any atom is 0.119 e. The van der Waals surface area contributed by atoms with Crippen LogP contribution >= 0.6 is 11.3 Å². The van der Waals surface area contributed by atoms with Gasteiger partial charge in [0.2, 0.25) is 0 Å². The molecule has 3 nitrogen and oxygen atoms in total. The van der Waals surface area contributed by atoms with Crippen molar-refractivity contribution >= 4 is 11.3 Å². The van der Waals surface area contributed by atoms with Crippen molar-refractivity contribution in [3.05, 3.63) is 52.2 Å². The second-order valence-electron chi connectivity index (χ2n) is 5.16. The van der Waals surface area contributed by atoms with Crippen LogP contribution in [0.3, 0.4) is 0 Å². The predicted molar refractivity (Wildman–Crippen MR) is 89.5 cm³/mol. The van der Waals surface area contributed by atoms with Gasteiger partial charge in [0, 0.05) is 6.04 Å². The lowest BCUT2D eigenvalue weighted by Gasteiger charge is -2.16. The van der Waals surface area contributed by atoms with E-state index in [0.717, 1.165) is 38.0 Å². The Bertz CT molecular complexity index is 496. The minimum absolute atomic E-state index is 0.176. The number of benzene rings is 1. The maximum atomic E-state index is 5.70. The molecule has 1 atom stereocenters. The standard InChI is InChI=1S/C17H24N2OS/c1-2-3-11-20-16-7-5-15(6-8-16)17(19-18)9-4-14-10-12-21-13-14/h5-8,10,12-13,17,19H,2-4,9,11,18H2,1H3. The number of unbranched alkanes of at least 4 members (excludes halogenated alkanes) is 1. The van der Waals surface area contributed by atoms with Gasteiger partial charge < -0.3 is 4.74 Å². The number of hydrogen-bond acceptors (Lipinski definition) is 4. The van der Waals surface area contributed by atoms with Crippen molar-refractivity contribution in [3.8, 4) is 5.75 Å². The molecule has 2 rings (SSSR count). The molecule has 1 unspecified atom stereocenters. The van der Waals surface area contributed by atoms with Gasteiger partial charge in [-0.1, -0.05) is 25.5 Å². The number of nitrogens with two attached hydrogens (primary N) is 1. The summed E-state index contributed by atoms with van der Waals surface area (Å²) in [6, 6.07) is 10.6. The zero-order valence-electron chi connectivity index (χ0n) is 12.5. The van der Waals surface area contributed by atoms with Gasteiger partial charge in [0.25, 0.3) is 0 Å². The summed E-state index contributed by atoms with van der Waals surface area (Å²) in [5.74, 6) is 6.63. The highest BCUT2D eigenvalue weighted by atomic mass is 32.1. The van der Waals surface area contributed by atoms with Crippen LogP contribution in [0.1, 0.15) is 43.4 Å². The van der Waals surface area contributed by atoms with Crippen LogP contribution in [0.15, 0.2) is 41.1 Å². The summed E-state index contributed by atoms with van der Waals surface area (Å²) in [6.45, 7) is 2.95. The molecule has 0 aliphatic heterocycles. The number of aryl methyl sites for hydroxylation is 1. The predicted octanol–water partition coefficient (Wildman–Crippen LogP) is 4.06. The molecule has 21 heavy (non-hydrogen) atoms. The third-order valence-corrected chi connectivity index (χ3v) is 4.28. The van der Waals surface area contributed by atoms with Crippen molar-refractivity contribution in [2.24, 2.45) is 5.84 Å². The van der Waals surface area contributed by atoms with Crippen molar-refractivity contribution in [2.45, 2.75) is 38.6 Å². The van der Waals surface area contributed by atoms with Crippen molar-refractivity contribution in [3.63, 3.8) is 0 Å². The fourth-order valence-electron chi connectivity index (χ4n) is 2.22. The Kier molecular flexibility index (Phi) is 6.73. The largest absolute Gasteiger partial charge is 0.494 e. The molecule has 0 aliphatic carbocycles. The van der Waals surface area contributed by atoms with Crippen LogP contribution in [0.2, 0.25) is 0 Å². The van der Waals surface area contributed by atoms with Crippen LogP contribution in [0.25, 0.3) is 0 Å². The van der Waals surface area contributed by atoms with Crippen LogP contribution < -0.4 is 16.0 Å². The average Bonchev–Trinajstić information content (AvgIpc) is 3.03. The molecule has 0 bridgehead atoms. The van der Waals surface area contributed by atoms with Gasteiger partial charge >= 0.3 is 0 Å². The minimum atomic E-state index is 0.176. The molecule has 1 aromatic carbocycles. The van der Waals surface area contributed by atoms with E-state index in [2.05, 4.69) is 41.3 Å². The van der Waals surface area contributed by atoms with E-state index >= 15 is 0 Å². The maximum absolute atomic E-state index is 5.70. The summed E-state index contributed by atoms with van der Waals surface area (Å²) in [5.41, 5.74) is 5.49. The normalized spacial score (nSPS) is 12.3. The number of nitrogens with one attached hydrogen (secondary N) is 1. The molecule has 0 fully saturated rings. The van der Waals surface area contributed by atoms with Gasteiger partial charge in [0.05, 0.1) is 6.61 Å². The third-order valence-electron chi connectivity index (χ3n) is 3.55. The van der Waals surface area contributed by atoms with Gasteiger partial charge in [-0.05, 0) is 59.3 Å². The quantitative estimate of drug-likeness (QED) is 0.417. The zero-order chi connectivity index (χ0) is 14.9. The lowest BCUT2D eigenvalue weighted by molar-refractivity contribution is 0.309. The Balaban J connectivity index is 1.88. The first-order valence-electron chi connectivity index (χ1n) is 7.53. The average molecular weight is 304 g/mol. The fraction of sp³-hybridized carbons (Fsp3) is 0.412. The fourth-order valence-corrected chi connectivity index (χ4v) is 2.93. The van der Waals surface area contributed by atoms with Gasteiger partial charge in [-0.2, -0.15) is 11.3 Å². The molecule has 0 spiro atoms. The summed E-state index contributed by atoms with van der Waals surface area (Å²) in [7, 11) is 0. The Labute approximate surface area is 131 Å². The smallest absolute Gasteiger partial charge is 0.119 e. The Morgan fingerprint density at radius 2 is 2.05 bits per heavy atom. The van der Waals surface area contributed by atoms with Crippen molar-refractivity contribution < 1.29 is 4.74 Å².